The molecule has 2 aromatic carbocycles. The summed E-state index contributed by atoms with van der Waals surface area (Å²) in [7, 11) is 1.80. The summed E-state index contributed by atoms with van der Waals surface area (Å²) in [5.41, 5.74) is 3.34. The van der Waals surface area contributed by atoms with Crippen LogP contribution in [0.4, 0.5) is 0 Å². The van der Waals surface area contributed by atoms with E-state index in [1.807, 2.05) is 30.3 Å². The maximum absolute atomic E-state index is 12.7. The molecule has 0 bridgehead atoms. The molecule has 27 heavy (non-hydrogen) atoms. The number of benzene rings is 2. The van der Waals surface area contributed by atoms with Crippen LogP contribution in [0.2, 0.25) is 0 Å². The molecule has 7 heteroatoms. The molecule has 0 aliphatic heterocycles. The van der Waals surface area contributed by atoms with Crippen LogP contribution in [0.5, 0.6) is 5.75 Å². The minimum Gasteiger partial charge on any atom is -0.508 e. The van der Waals surface area contributed by atoms with E-state index in [1.54, 1.807) is 57.5 Å². The predicted octanol–water partition coefficient (Wildman–Crippen LogP) is 2.25. The van der Waals surface area contributed by atoms with Crippen LogP contribution in [0, 0.1) is 0 Å². The lowest BCUT2D eigenvalue weighted by Gasteiger charge is -2.06. The van der Waals surface area contributed by atoms with Gasteiger partial charge in [0.25, 0.3) is 0 Å². The number of phenolic OH excluding ortho intramolecular Hbond substituents is 1. The Morgan fingerprint density at radius 1 is 0.926 bits per heavy atom. The van der Waals surface area contributed by atoms with Gasteiger partial charge in [0.2, 0.25) is 0 Å². The minimum absolute atomic E-state index is 0.0864. The van der Waals surface area contributed by atoms with Crippen molar-refractivity contribution in [2.45, 2.75) is 13.1 Å². The summed E-state index contributed by atoms with van der Waals surface area (Å²) in [6, 6.07) is 16.7. The van der Waals surface area contributed by atoms with Gasteiger partial charge in [0.1, 0.15) is 11.4 Å². The highest BCUT2D eigenvalue weighted by Gasteiger charge is 2.15. The summed E-state index contributed by atoms with van der Waals surface area (Å²) in [4.78, 5) is 12.7. The lowest BCUT2D eigenvalue weighted by molar-refractivity contribution is 0.475. The van der Waals surface area contributed by atoms with Gasteiger partial charge in [0.15, 0.2) is 0 Å². The van der Waals surface area contributed by atoms with E-state index < -0.39 is 0 Å². The number of aromatic hydroxyl groups is 1. The summed E-state index contributed by atoms with van der Waals surface area (Å²) in [5.74, 6) is 0.193. The molecule has 4 rings (SSSR count). The largest absolute Gasteiger partial charge is 0.508 e. The number of aromatic nitrogens is 5. The Balaban J connectivity index is 1.63. The van der Waals surface area contributed by atoms with Gasteiger partial charge < -0.3 is 5.11 Å². The molecule has 0 unspecified atom stereocenters. The highest BCUT2D eigenvalue weighted by Crippen LogP contribution is 2.23. The van der Waals surface area contributed by atoms with E-state index in [-0.39, 0.29) is 11.4 Å². The van der Waals surface area contributed by atoms with Crippen molar-refractivity contribution in [3.8, 4) is 17.0 Å². The van der Waals surface area contributed by atoms with Crippen molar-refractivity contribution in [1.29, 1.82) is 0 Å². The van der Waals surface area contributed by atoms with Crippen LogP contribution >= 0.6 is 0 Å². The van der Waals surface area contributed by atoms with E-state index in [0.29, 0.717) is 18.8 Å². The van der Waals surface area contributed by atoms with Crippen LogP contribution in [0.25, 0.3) is 11.3 Å². The summed E-state index contributed by atoms with van der Waals surface area (Å²) in [6.07, 6.45) is 3.57. The zero-order valence-electron chi connectivity index (χ0n) is 14.9. The number of hydrogen-bond donors (Lipinski definition) is 1. The first-order valence-corrected chi connectivity index (χ1v) is 8.59. The first-order valence-electron chi connectivity index (χ1n) is 8.59. The summed E-state index contributed by atoms with van der Waals surface area (Å²) in [6.45, 7) is 0.890. The molecule has 0 atom stereocenters. The molecule has 7 nitrogen and oxygen atoms in total. The quantitative estimate of drug-likeness (QED) is 0.591. The Kier molecular flexibility index (Phi) is 4.33. The third-order valence-corrected chi connectivity index (χ3v) is 4.52. The molecule has 0 aliphatic carbocycles. The van der Waals surface area contributed by atoms with Gasteiger partial charge >= 0.3 is 5.69 Å². The second kappa shape index (κ2) is 6.95. The van der Waals surface area contributed by atoms with Crippen molar-refractivity contribution in [3.05, 3.63) is 88.7 Å². The molecule has 0 fully saturated rings. The van der Waals surface area contributed by atoms with Gasteiger partial charge in [0.05, 0.1) is 18.8 Å². The van der Waals surface area contributed by atoms with Gasteiger partial charge in [-0.2, -0.15) is 0 Å². The van der Waals surface area contributed by atoms with E-state index in [2.05, 4.69) is 10.3 Å². The van der Waals surface area contributed by atoms with Crippen molar-refractivity contribution in [2.75, 3.05) is 0 Å². The van der Waals surface area contributed by atoms with Crippen molar-refractivity contribution >= 4 is 0 Å². The minimum atomic E-state index is -0.0864. The Morgan fingerprint density at radius 3 is 2.30 bits per heavy atom. The van der Waals surface area contributed by atoms with Crippen molar-refractivity contribution in [1.82, 2.24) is 24.1 Å². The van der Waals surface area contributed by atoms with E-state index >= 15 is 0 Å². The predicted molar refractivity (Wildman–Crippen MR) is 101 cm³/mol. The topological polar surface area (TPSA) is 77.9 Å². The molecule has 0 spiro atoms. The van der Waals surface area contributed by atoms with E-state index in [9.17, 15) is 9.90 Å². The summed E-state index contributed by atoms with van der Waals surface area (Å²) in [5, 5.41) is 17.8. The van der Waals surface area contributed by atoms with Gasteiger partial charge in [-0.15, -0.1) is 5.10 Å². The van der Waals surface area contributed by atoms with E-state index in [0.717, 1.165) is 16.8 Å². The summed E-state index contributed by atoms with van der Waals surface area (Å²) < 4.78 is 4.99. The number of phenols is 1. The Labute approximate surface area is 155 Å². The number of aryl methyl sites for hydroxylation is 1. The first kappa shape index (κ1) is 16.8. The van der Waals surface area contributed by atoms with Crippen LogP contribution < -0.4 is 5.69 Å². The lowest BCUT2D eigenvalue weighted by Crippen LogP contribution is -2.25. The van der Waals surface area contributed by atoms with Gasteiger partial charge in [-0.1, -0.05) is 35.5 Å². The van der Waals surface area contributed by atoms with E-state index in [4.69, 9.17) is 0 Å². The highest BCUT2D eigenvalue weighted by molar-refractivity contribution is 5.62. The Hall–Kier alpha value is -3.61. The Bertz CT molecular complexity index is 1110. The summed E-state index contributed by atoms with van der Waals surface area (Å²) >= 11 is 0. The number of rotatable bonds is 5. The first-order chi connectivity index (χ1) is 13.1. The SMILES string of the molecule is Cn1nnc(-c2ccc(O)cc2)c1Cn1ccn(Cc2ccccc2)c1=O. The smallest absolute Gasteiger partial charge is 0.328 e. The zero-order chi connectivity index (χ0) is 18.8. The molecule has 2 heterocycles. The van der Waals surface area contributed by atoms with Gasteiger partial charge in [-0.05, 0) is 29.8 Å². The molecule has 0 amide bonds. The van der Waals surface area contributed by atoms with Crippen molar-refractivity contribution in [3.63, 3.8) is 0 Å². The third-order valence-electron chi connectivity index (χ3n) is 4.52. The van der Waals surface area contributed by atoms with Crippen molar-refractivity contribution < 1.29 is 5.11 Å². The van der Waals surface area contributed by atoms with Gasteiger partial charge in [0, 0.05) is 25.0 Å². The second-order valence-corrected chi connectivity index (χ2v) is 6.38. The molecule has 1 N–H and O–H groups in total. The third kappa shape index (κ3) is 3.39. The maximum atomic E-state index is 12.7. The van der Waals surface area contributed by atoms with Gasteiger partial charge in [-0.25, -0.2) is 9.48 Å². The van der Waals surface area contributed by atoms with Crippen LogP contribution in [-0.4, -0.2) is 29.2 Å². The fourth-order valence-corrected chi connectivity index (χ4v) is 3.03. The zero-order valence-corrected chi connectivity index (χ0v) is 14.9. The molecule has 0 saturated carbocycles. The average molecular weight is 361 g/mol. The highest BCUT2D eigenvalue weighted by atomic mass is 16.3. The fourth-order valence-electron chi connectivity index (χ4n) is 3.03. The normalized spacial score (nSPS) is 11.0. The number of imidazole rings is 1. The van der Waals surface area contributed by atoms with Gasteiger partial charge in [-0.3, -0.25) is 9.13 Å². The van der Waals surface area contributed by atoms with Crippen LogP contribution in [-0.2, 0) is 20.1 Å². The number of hydrogen-bond acceptors (Lipinski definition) is 4. The average Bonchev–Trinajstić information content (AvgIpc) is 3.21. The molecule has 0 radical (unpaired) electrons. The second-order valence-electron chi connectivity index (χ2n) is 6.38. The maximum Gasteiger partial charge on any atom is 0.328 e. The molecule has 0 aliphatic rings. The molecular formula is C20H19N5O2. The van der Waals surface area contributed by atoms with Crippen LogP contribution in [0.15, 0.2) is 71.8 Å². The lowest BCUT2D eigenvalue weighted by atomic mass is 10.1. The monoisotopic (exact) mass is 361 g/mol. The van der Waals surface area contributed by atoms with E-state index in [1.165, 1.54) is 0 Å². The Morgan fingerprint density at radius 2 is 1.59 bits per heavy atom. The molecule has 2 aromatic heterocycles. The van der Waals surface area contributed by atoms with Crippen molar-refractivity contribution in [2.24, 2.45) is 7.05 Å². The molecule has 4 aromatic rings. The molecule has 136 valence electrons. The molecular weight excluding hydrogens is 342 g/mol. The fraction of sp³-hybridized carbons (Fsp3) is 0.150. The molecule has 0 saturated heterocycles. The van der Waals surface area contributed by atoms with Crippen LogP contribution in [0.3, 0.4) is 0 Å². The van der Waals surface area contributed by atoms with Crippen LogP contribution in [0.1, 0.15) is 11.3 Å². The standard InChI is InChI=1S/C20H19N5O2/c1-23-18(19(21-22-23)16-7-9-17(26)10-8-16)14-25-12-11-24(20(25)27)13-15-5-3-2-4-6-15/h2-12,26H,13-14H2,1H3. The number of nitrogens with zero attached hydrogens (tertiary/aromatic N) is 5.